The number of anilines is 2. The van der Waals surface area contributed by atoms with Crippen molar-refractivity contribution in [2.24, 2.45) is 0 Å². The molecule has 7 nitrogen and oxygen atoms in total. The van der Waals surface area contributed by atoms with Gasteiger partial charge in [-0.15, -0.1) is 0 Å². The third-order valence-corrected chi connectivity index (χ3v) is 4.81. The Morgan fingerprint density at radius 1 is 1.26 bits per heavy atom. The summed E-state index contributed by atoms with van der Waals surface area (Å²) in [7, 11) is 0. The van der Waals surface area contributed by atoms with E-state index in [1.54, 1.807) is 6.20 Å². The molecule has 0 radical (unpaired) electrons. The van der Waals surface area contributed by atoms with Crippen molar-refractivity contribution in [2.75, 3.05) is 23.3 Å². The van der Waals surface area contributed by atoms with Gasteiger partial charge in [-0.3, -0.25) is 9.89 Å². The van der Waals surface area contributed by atoms with Crippen LogP contribution in [0.5, 0.6) is 0 Å². The molecule has 0 bridgehead atoms. The quantitative estimate of drug-likeness (QED) is 0.744. The van der Waals surface area contributed by atoms with E-state index in [9.17, 15) is 4.79 Å². The third kappa shape index (κ3) is 3.81. The van der Waals surface area contributed by atoms with Crippen molar-refractivity contribution in [1.29, 1.82) is 0 Å². The number of carbonyl (C=O) groups excluding carboxylic acids is 1. The maximum atomic E-state index is 11.4. The lowest BCUT2D eigenvalue weighted by molar-refractivity contribution is -0.114. The first kappa shape index (κ1) is 17.2. The van der Waals surface area contributed by atoms with Crippen LogP contribution >= 0.6 is 0 Å². The van der Waals surface area contributed by atoms with Crippen LogP contribution in [-0.2, 0) is 4.79 Å². The summed E-state index contributed by atoms with van der Waals surface area (Å²) in [6.45, 7) is 3.28. The van der Waals surface area contributed by atoms with E-state index in [1.165, 1.54) is 6.92 Å². The lowest BCUT2D eigenvalue weighted by atomic mass is 9.94. The van der Waals surface area contributed by atoms with E-state index in [4.69, 9.17) is 4.98 Å². The van der Waals surface area contributed by atoms with E-state index in [2.05, 4.69) is 25.4 Å². The third-order valence-electron chi connectivity index (χ3n) is 4.81. The molecule has 1 fully saturated rings. The van der Waals surface area contributed by atoms with Crippen molar-refractivity contribution in [3.63, 3.8) is 0 Å². The normalized spacial score (nSPS) is 16.9. The van der Waals surface area contributed by atoms with E-state index >= 15 is 0 Å². The Labute approximate surface area is 157 Å². The lowest BCUT2D eigenvalue weighted by Crippen LogP contribution is -2.35. The molecular formula is C20H22N6O. The number of H-pyrrole nitrogens is 1. The molecule has 0 aliphatic carbocycles. The highest BCUT2D eigenvalue weighted by Crippen LogP contribution is 2.32. The summed E-state index contributed by atoms with van der Waals surface area (Å²) in [5, 5.41) is 10.0. The summed E-state index contributed by atoms with van der Waals surface area (Å²) in [5.41, 5.74) is 2.75. The molecule has 3 heterocycles. The number of rotatable bonds is 4. The molecule has 138 valence electrons. The highest BCUT2D eigenvalue weighted by molar-refractivity contribution is 5.89. The van der Waals surface area contributed by atoms with Gasteiger partial charge in [0.05, 0.1) is 17.6 Å². The van der Waals surface area contributed by atoms with Crippen molar-refractivity contribution < 1.29 is 4.79 Å². The highest BCUT2D eigenvalue weighted by Gasteiger charge is 2.26. The predicted octanol–water partition coefficient (Wildman–Crippen LogP) is 3.21. The van der Waals surface area contributed by atoms with Crippen LogP contribution in [0.25, 0.3) is 11.4 Å². The number of carbonyl (C=O) groups is 1. The molecular weight excluding hydrogens is 340 g/mol. The number of hydrogen-bond acceptors (Lipinski definition) is 5. The average Bonchev–Trinajstić information content (AvgIpc) is 3.16. The second kappa shape index (κ2) is 7.57. The van der Waals surface area contributed by atoms with E-state index < -0.39 is 0 Å². The molecule has 2 N–H and O–H groups in total. The molecule has 1 saturated heterocycles. The number of nitrogens with zero attached hydrogens (tertiary/aromatic N) is 4. The summed E-state index contributed by atoms with van der Waals surface area (Å²) in [5.74, 6) is 1.83. The Kier molecular flexibility index (Phi) is 4.82. The number of aromatic amines is 1. The second-order valence-electron chi connectivity index (χ2n) is 6.77. The van der Waals surface area contributed by atoms with Gasteiger partial charge in [-0.25, -0.2) is 9.97 Å². The van der Waals surface area contributed by atoms with Crippen molar-refractivity contribution in [1.82, 2.24) is 20.2 Å². The molecule has 3 aromatic rings. The number of hydrogen-bond donors (Lipinski definition) is 2. The molecule has 2 aromatic heterocycles. The Balaban J connectivity index is 1.56. The Morgan fingerprint density at radius 3 is 2.93 bits per heavy atom. The molecule has 1 aliphatic rings. The zero-order valence-electron chi connectivity index (χ0n) is 15.2. The number of benzene rings is 1. The fourth-order valence-electron chi connectivity index (χ4n) is 3.57. The van der Waals surface area contributed by atoms with Crippen LogP contribution in [0, 0.1) is 0 Å². The first-order valence-electron chi connectivity index (χ1n) is 9.15. The molecule has 4 rings (SSSR count). The molecule has 1 amide bonds. The van der Waals surface area contributed by atoms with Crippen LogP contribution in [0.2, 0.25) is 0 Å². The smallest absolute Gasteiger partial charge is 0.221 e. The van der Waals surface area contributed by atoms with Crippen LogP contribution in [0.1, 0.15) is 31.4 Å². The average molecular weight is 362 g/mol. The topological polar surface area (TPSA) is 86.8 Å². The van der Waals surface area contributed by atoms with E-state index in [1.807, 2.05) is 42.6 Å². The first-order chi connectivity index (χ1) is 13.2. The van der Waals surface area contributed by atoms with Gasteiger partial charge in [-0.05, 0) is 18.9 Å². The summed E-state index contributed by atoms with van der Waals surface area (Å²) < 4.78 is 0. The van der Waals surface area contributed by atoms with Gasteiger partial charge in [0.25, 0.3) is 0 Å². The minimum atomic E-state index is -0.0892. The van der Waals surface area contributed by atoms with Gasteiger partial charge in [0.15, 0.2) is 5.82 Å². The monoisotopic (exact) mass is 362 g/mol. The van der Waals surface area contributed by atoms with Crippen molar-refractivity contribution >= 4 is 17.4 Å². The second-order valence-corrected chi connectivity index (χ2v) is 6.77. The van der Waals surface area contributed by atoms with Crippen molar-refractivity contribution in [3.8, 4) is 11.4 Å². The van der Waals surface area contributed by atoms with Crippen LogP contribution < -0.4 is 10.2 Å². The molecule has 7 heteroatoms. The first-order valence-corrected chi connectivity index (χ1v) is 9.15. The highest BCUT2D eigenvalue weighted by atomic mass is 16.1. The molecule has 1 atom stereocenters. The predicted molar refractivity (Wildman–Crippen MR) is 105 cm³/mol. The van der Waals surface area contributed by atoms with Crippen molar-refractivity contribution in [3.05, 3.63) is 54.5 Å². The summed E-state index contributed by atoms with van der Waals surface area (Å²) in [6.07, 6.45) is 5.58. The molecule has 0 spiro atoms. The molecule has 1 aromatic carbocycles. The molecule has 1 unspecified atom stereocenters. The minimum absolute atomic E-state index is 0.0892. The summed E-state index contributed by atoms with van der Waals surface area (Å²) >= 11 is 0. The Hall–Kier alpha value is -3.22. The Bertz CT molecular complexity index is 923. The van der Waals surface area contributed by atoms with Crippen LogP contribution in [0.3, 0.4) is 0 Å². The zero-order valence-corrected chi connectivity index (χ0v) is 15.2. The van der Waals surface area contributed by atoms with Gasteiger partial charge in [0.2, 0.25) is 5.91 Å². The maximum absolute atomic E-state index is 11.4. The van der Waals surface area contributed by atoms with Crippen LogP contribution in [0.15, 0.2) is 48.8 Å². The molecule has 0 saturated carbocycles. The Morgan fingerprint density at radius 2 is 2.11 bits per heavy atom. The number of piperidine rings is 1. The SMILES string of the molecule is CC(=O)Nc1cn[nH]c1C1CCCN(c2ccnc(-c3ccccc3)n2)C1. The number of amides is 1. The summed E-state index contributed by atoms with van der Waals surface area (Å²) in [4.78, 5) is 22.9. The minimum Gasteiger partial charge on any atom is -0.356 e. The molecule has 1 aliphatic heterocycles. The van der Waals surface area contributed by atoms with Gasteiger partial charge in [-0.1, -0.05) is 30.3 Å². The van der Waals surface area contributed by atoms with Gasteiger partial charge in [-0.2, -0.15) is 5.10 Å². The number of aromatic nitrogens is 4. The molecule has 27 heavy (non-hydrogen) atoms. The van der Waals surface area contributed by atoms with Crippen molar-refractivity contribution in [2.45, 2.75) is 25.7 Å². The largest absolute Gasteiger partial charge is 0.356 e. The fourth-order valence-corrected chi connectivity index (χ4v) is 3.57. The maximum Gasteiger partial charge on any atom is 0.221 e. The lowest BCUT2D eigenvalue weighted by Gasteiger charge is -2.33. The van der Waals surface area contributed by atoms with Crippen LogP contribution in [-0.4, -0.2) is 39.2 Å². The van der Waals surface area contributed by atoms with Gasteiger partial charge >= 0.3 is 0 Å². The van der Waals surface area contributed by atoms with Gasteiger partial charge in [0.1, 0.15) is 5.82 Å². The van der Waals surface area contributed by atoms with E-state index in [-0.39, 0.29) is 11.8 Å². The summed E-state index contributed by atoms with van der Waals surface area (Å²) in [6, 6.07) is 12.0. The van der Waals surface area contributed by atoms with Crippen LogP contribution in [0.4, 0.5) is 11.5 Å². The van der Waals surface area contributed by atoms with Gasteiger partial charge < -0.3 is 10.2 Å². The van der Waals surface area contributed by atoms with E-state index in [0.717, 1.165) is 54.5 Å². The van der Waals surface area contributed by atoms with E-state index in [0.29, 0.717) is 0 Å². The zero-order chi connectivity index (χ0) is 18.6. The number of nitrogens with one attached hydrogen (secondary N) is 2. The standard InChI is InChI=1S/C20H22N6O/c1-14(27)23-17-12-22-25-19(17)16-8-5-11-26(13-16)18-9-10-21-20(24-18)15-6-3-2-4-7-15/h2-4,6-7,9-10,12,16H,5,8,11,13H2,1H3,(H,22,25)(H,23,27). The van der Waals surface area contributed by atoms with Gasteiger partial charge in [0, 0.05) is 37.7 Å². The fraction of sp³-hybridized carbons (Fsp3) is 0.300.